The lowest BCUT2D eigenvalue weighted by molar-refractivity contribution is 0.0988. The van der Waals surface area contributed by atoms with Gasteiger partial charge >= 0.3 is 0 Å². The monoisotopic (exact) mass is 228 g/mol. The summed E-state index contributed by atoms with van der Waals surface area (Å²) >= 11 is 0. The molecule has 0 atom stereocenters. The second-order valence-corrected chi connectivity index (χ2v) is 3.84. The van der Waals surface area contributed by atoms with Crippen molar-refractivity contribution in [3.8, 4) is 11.1 Å². The van der Waals surface area contributed by atoms with Gasteiger partial charge in [-0.05, 0) is 11.6 Å². The van der Waals surface area contributed by atoms with E-state index >= 15 is 0 Å². The molecule has 0 saturated heterocycles. The molecule has 0 heterocycles. The fourth-order valence-electron chi connectivity index (χ4n) is 1.74. The number of rotatable bonds is 3. The van der Waals surface area contributed by atoms with Crippen LogP contribution < -0.4 is 0 Å². The van der Waals surface area contributed by atoms with Crippen molar-refractivity contribution < 1.29 is 9.18 Å². The van der Waals surface area contributed by atoms with Crippen molar-refractivity contribution in [2.45, 2.75) is 13.3 Å². The van der Waals surface area contributed by atoms with E-state index in [1.807, 2.05) is 30.3 Å². The quantitative estimate of drug-likeness (QED) is 0.723. The molecule has 0 unspecified atom stereocenters. The van der Waals surface area contributed by atoms with Gasteiger partial charge in [-0.2, -0.15) is 0 Å². The van der Waals surface area contributed by atoms with Crippen molar-refractivity contribution in [2.75, 3.05) is 0 Å². The first-order valence-electron chi connectivity index (χ1n) is 5.60. The molecule has 2 rings (SSSR count). The van der Waals surface area contributed by atoms with Gasteiger partial charge < -0.3 is 0 Å². The molecule has 0 N–H and O–H groups in total. The maximum Gasteiger partial charge on any atom is 0.162 e. The first kappa shape index (κ1) is 11.5. The number of ketones is 1. The Morgan fingerprint density at radius 3 is 2.41 bits per heavy atom. The van der Waals surface area contributed by atoms with Crippen molar-refractivity contribution in [1.29, 1.82) is 0 Å². The molecule has 2 heteroatoms. The molecule has 0 aromatic heterocycles. The van der Waals surface area contributed by atoms with Gasteiger partial charge in [-0.25, -0.2) is 4.39 Å². The summed E-state index contributed by atoms with van der Waals surface area (Å²) in [4.78, 5) is 11.4. The van der Waals surface area contributed by atoms with E-state index in [0.29, 0.717) is 17.5 Å². The summed E-state index contributed by atoms with van der Waals surface area (Å²) < 4.78 is 13.9. The summed E-state index contributed by atoms with van der Waals surface area (Å²) in [6.45, 7) is 1.77. The van der Waals surface area contributed by atoms with Crippen LogP contribution in [0.25, 0.3) is 11.1 Å². The van der Waals surface area contributed by atoms with Crippen LogP contribution in [0.4, 0.5) is 4.39 Å². The molecule has 0 amide bonds. The Morgan fingerprint density at radius 1 is 1.12 bits per heavy atom. The third-order valence-corrected chi connectivity index (χ3v) is 2.70. The molecule has 0 saturated carbocycles. The fourth-order valence-corrected chi connectivity index (χ4v) is 1.74. The molecular weight excluding hydrogens is 215 g/mol. The minimum atomic E-state index is -0.351. The van der Waals surface area contributed by atoms with E-state index in [9.17, 15) is 9.18 Å². The van der Waals surface area contributed by atoms with Crippen LogP contribution in [-0.4, -0.2) is 5.78 Å². The molecule has 0 fully saturated rings. The van der Waals surface area contributed by atoms with E-state index in [1.165, 1.54) is 6.07 Å². The Kier molecular flexibility index (Phi) is 3.33. The van der Waals surface area contributed by atoms with Crippen molar-refractivity contribution in [2.24, 2.45) is 0 Å². The minimum absolute atomic E-state index is 0.0384. The van der Waals surface area contributed by atoms with E-state index in [0.717, 1.165) is 5.56 Å². The van der Waals surface area contributed by atoms with Gasteiger partial charge in [0.1, 0.15) is 5.82 Å². The highest BCUT2D eigenvalue weighted by molar-refractivity contribution is 5.96. The second-order valence-electron chi connectivity index (χ2n) is 3.84. The van der Waals surface area contributed by atoms with Crippen molar-refractivity contribution >= 4 is 5.78 Å². The lowest BCUT2D eigenvalue weighted by atomic mass is 10.0. The van der Waals surface area contributed by atoms with Crippen LogP contribution in [0.2, 0.25) is 0 Å². The highest BCUT2D eigenvalue weighted by Gasteiger charge is 2.09. The molecule has 2 aromatic carbocycles. The summed E-state index contributed by atoms with van der Waals surface area (Å²) in [6.07, 6.45) is 0.393. The first-order chi connectivity index (χ1) is 8.22. The molecule has 86 valence electrons. The summed E-state index contributed by atoms with van der Waals surface area (Å²) in [5.74, 6) is -0.390. The molecular formula is C15H13FO. The van der Waals surface area contributed by atoms with Gasteiger partial charge in [0.25, 0.3) is 0 Å². The highest BCUT2D eigenvalue weighted by atomic mass is 19.1. The zero-order valence-corrected chi connectivity index (χ0v) is 9.61. The third kappa shape index (κ3) is 2.41. The van der Waals surface area contributed by atoms with Gasteiger partial charge in [-0.15, -0.1) is 0 Å². The molecule has 0 radical (unpaired) electrons. The van der Waals surface area contributed by atoms with Gasteiger partial charge in [0, 0.05) is 17.5 Å². The lowest BCUT2D eigenvalue weighted by Gasteiger charge is -2.05. The number of hydrogen-bond donors (Lipinski definition) is 0. The Balaban J connectivity index is 2.42. The predicted molar refractivity (Wildman–Crippen MR) is 66.5 cm³/mol. The maximum atomic E-state index is 13.9. The van der Waals surface area contributed by atoms with Crippen LogP contribution >= 0.6 is 0 Å². The highest BCUT2D eigenvalue weighted by Crippen LogP contribution is 2.23. The fraction of sp³-hybridized carbons (Fsp3) is 0.133. The average molecular weight is 228 g/mol. The predicted octanol–water partition coefficient (Wildman–Crippen LogP) is 4.09. The standard InChI is InChI=1S/C15H13FO/c1-2-15(17)12-8-9-13(14(16)10-12)11-6-4-3-5-7-11/h3-10H,2H2,1H3. The number of carbonyl (C=O) groups is 1. The molecule has 0 spiro atoms. The SMILES string of the molecule is CCC(=O)c1ccc(-c2ccccc2)c(F)c1. The van der Waals surface area contributed by atoms with E-state index < -0.39 is 0 Å². The number of halogens is 1. The molecule has 17 heavy (non-hydrogen) atoms. The summed E-state index contributed by atoms with van der Waals surface area (Å²) in [5.41, 5.74) is 1.78. The molecule has 1 nitrogen and oxygen atoms in total. The normalized spacial score (nSPS) is 10.2. The van der Waals surface area contributed by atoms with E-state index in [1.54, 1.807) is 19.1 Å². The van der Waals surface area contributed by atoms with Crippen LogP contribution in [0, 0.1) is 5.82 Å². The Bertz CT molecular complexity index is 532. The minimum Gasteiger partial charge on any atom is -0.294 e. The van der Waals surface area contributed by atoms with Crippen LogP contribution in [0.5, 0.6) is 0 Å². The van der Waals surface area contributed by atoms with E-state index in [2.05, 4.69) is 0 Å². The van der Waals surface area contributed by atoms with Crippen LogP contribution in [0.3, 0.4) is 0 Å². The third-order valence-electron chi connectivity index (χ3n) is 2.70. The van der Waals surface area contributed by atoms with E-state index in [4.69, 9.17) is 0 Å². The van der Waals surface area contributed by atoms with Gasteiger partial charge in [0.15, 0.2) is 5.78 Å². The van der Waals surface area contributed by atoms with Crippen molar-refractivity contribution in [3.63, 3.8) is 0 Å². The zero-order valence-electron chi connectivity index (χ0n) is 9.61. The maximum absolute atomic E-state index is 13.9. The molecule has 0 aliphatic heterocycles. The van der Waals surface area contributed by atoms with Crippen molar-refractivity contribution in [3.05, 3.63) is 59.9 Å². The molecule has 0 aliphatic rings. The van der Waals surface area contributed by atoms with Gasteiger partial charge in [-0.1, -0.05) is 49.4 Å². The van der Waals surface area contributed by atoms with Crippen molar-refractivity contribution in [1.82, 2.24) is 0 Å². The summed E-state index contributed by atoms with van der Waals surface area (Å²) in [7, 11) is 0. The topological polar surface area (TPSA) is 17.1 Å². The Hall–Kier alpha value is -1.96. The van der Waals surface area contributed by atoms with Crippen LogP contribution in [0.1, 0.15) is 23.7 Å². The van der Waals surface area contributed by atoms with Crippen LogP contribution in [-0.2, 0) is 0 Å². The van der Waals surface area contributed by atoms with Gasteiger partial charge in [0.05, 0.1) is 0 Å². The van der Waals surface area contributed by atoms with E-state index in [-0.39, 0.29) is 11.6 Å². The lowest BCUT2D eigenvalue weighted by Crippen LogP contribution is -1.97. The largest absolute Gasteiger partial charge is 0.294 e. The summed E-state index contributed by atoms with van der Waals surface area (Å²) in [6, 6.07) is 14.0. The summed E-state index contributed by atoms with van der Waals surface area (Å²) in [5, 5.41) is 0. The number of benzene rings is 2. The smallest absolute Gasteiger partial charge is 0.162 e. The van der Waals surface area contributed by atoms with Crippen LogP contribution in [0.15, 0.2) is 48.5 Å². The zero-order chi connectivity index (χ0) is 12.3. The number of hydrogen-bond acceptors (Lipinski definition) is 1. The van der Waals surface area contributed by atoms with Gasteiger partial charge in [-0.3, -0.25) is 4.79 Å². The second kappa shape index (κ2) is 4.91. The number of carbonyl (C=O) groups excluding carboxylic acids is 1. The molecule has 2 aromatic rings. The van der Waals surface area contributed by atoms with Gasteiger partial charge in [0.2, 0.25) is 0 Å². The Labute approximate surface area is 99.9 Å². The first-order valence-corrected chi connectivity index (χ1v) is 5.60. The molecule has 0 bridgehead atoms. The Morgan fingerprint density at radius 2 is 1.82 bits per heavy atom. The number of Topliss-reactive ketones (excluding diaryl/α,β-unsaturated/α-hetero) is 1. The average Bonchev–Trinajstić information content (AvgIpc) is 2.38. The molecule has 0 aliphatic carbocycles.